The molecule has 0 bridgehead atoms. The number of nitriles is 1. The molecule has 0 aromatic heterocycles. The molecule has 0 atom stereocenters. The lowest BCUT2D eigenvalue weighted by molar-refractivity contribution is -0.112. The number of ether oxygens (including phenoxy) is 3. The number of rotatable bonds is 9. The van der Waals surface area contributed by atoms with Gasteiger partial charge in [-0.15, -0.1) is 0 Å². The molecule has 1 N–H and O–H groups in total. The number of amides is 1. The molecule has 6 nitrogen and oxygen atoms in total. The second-order valence-electron chi connectivity index (χ2n) is 7.73. The Bertz CT molecular complexity index is 1270. The van der Waals surface area contributed by atoms with Crippen LogP contribution < -0.4 is 19.5 Å². The number of hydrogen-bond acceptors (Lipinski definition) is 5. The van der Waals surface area contributed by atoms with Crippen molar-refractivity contribution in [3.8, 4) is 23.3 Å². The third-order valence-corrected chi connectivity index (χ3v) is 5.70. The summed E-state index contributed by atoms with van der Waals surface area (Å²) in [6.45, 7) is 4.15. The van der Waals surface area contributed by atoms with Crippen LogP contribution in [0.1, 0.15) is 25.0 Å². The van der Waals surface area contributed by atoms with Gasteiger partial charge in [0.25, 0.3) is 5.91 Å². The van der Waals surface area contributed by atoms with Gasteiger partial charge in [0.2, 0.25) is 0 Å². The zero-order chi connectivity index (χ0) is 25.4. The molecule has 0 unspecified atom stereocenters. The molecule has 0 heterocycles. The molecular formula is C27H24BrClN2O4. The Kier molecular flexibility index (Phi) is 9.18. The highest BCUT2D eigenvalue weighted by molar-refractivity contribution is 9.10. The summed E-state index contributed by atoms with van der Waals surface area (Å²) in [7, 11) is 1.53. The number of carbonyl (C=O) groups is 1. The first-order valence-corrected chi connectivity index (χ1v) is 11.9. The molecule has 3 aromatic rings. The lowest BCUT2D eigenvalue weighted by atomic mass is 10.1. The van der Waals surface area contributed by atoms with Crippen molar-refractivity contribution < 1.29 is 19.0 Å². The standard InChI is InChI=1S/C27H24BrClN2O4/c1-17(2)35-26-23(28)13-18(14-25(26)33-3)12-20(15-30)27(32)31-21-8-10-22(11-9-21)34-16-19-6-4-5-7-24(19)29/h4-14,17H,16H2,1-3H3,(H,31,32)/b20-12+. The maximum atomic E-state index is 12.7. The fraction of sp³-hybridized carbons (Fsp3) is 0.185. The van der Waals surface area contributed by atoms with Crippen LogP contribution in [-0.4, -0.2) is 19.1 Å². The quantitative estimate of drug-likeness (QED) is 0.227. The van der Waals surface area contributed by atoms with Crippen molar-refractivity contribution in [1.82, 2.24) is 0 Å². The first kappa shape index (κ1) is 26.1. The van der Waals surface area contributed by atoms with E-state index in [1.165, 1.54) is 13.2 Å². The molecule has 0 saturated heterocycles. The summed E-state index contributed by atoms with van der Waals surface area (Å²) < 4.78 is 17.6. The normalized spacial score (nSPS) is 11.1. The smallest absolute Gasteiger partial charge is 0.266 e. The number of nitrogens with one attached hydrogen (secondary N) is 1. The number of nitrogens with zero attached hydrogens (tertiary/aromatic N) is 1. The van der Waals surface area contributed by atoms with Crippen molar-refractivity contribution in [3.63, 3.8) is 0 Å². The highest BCUT2D eigenvalue weighted by Gasteiger charge is 2.15. The molecule has 180 valence electrons. The number of methoxy groups -OCH3 is 1. The van der Waals surface area contributed by atoms with E-state index in [1.54, 1.807) is 36.4 Å². The second kappa shape index (κ2) is 12.3. The topological polar surface area (TPSA) is 80.6 Å². The minimum Gasteiger partial charge on any atom is -0.493 e. The number of carbonyl (C=O) groups excluding carboxylic acids is 1. The first-order valence-electron chi connectivity index (χ1n) is 10.7. The lowest BCUT2D eigenvalue weighted by Crippen LogP contribution is -2.13. The van der Waals surface area contributed by atoms with Crippen LogP contribution in [0, 0.1) is 11.3 Å². The van der Waals surface area contributed by atoms with E-state index in [0.717, 1.165) is 5.56 Å². The Morgan fingerprint density at radius 3 is 2.51 bits per heavy atom. The molecule has 35 heavy (non-hydrogen) atoms. The average molecular weight is 556 g/mol. The van der Waals surface area contributed by atoms with Crippen molar-refractivity contribution in [2.75, 3.05) is 12.4 Å². The molecule has 0 aliphatic heterocycles. The van der Waals surface area contributed by atoms with E-state index in [9.17, 15) is 10.1 Å². The summed E-state index contributed by atoms with van der Waals surface area (Å²) in [4.78, 5) is 12.7. The fourth-order valence-electron chi connectivity index (χ4n) is 3.10. The van der Waals surface area contributed by atoms with E-state index in [1.807, 2.05) is 44.2 Å². The Hall–Kier alpha value is -3.47. The van der Waals surface area contributed by atoms with E-state index in [0.29, 0.717) is 44.6 Å². The summed E-state index contributed by atoms with van der Waals surface area (Å²) in [5.41, 5.74) is 1.96. The van der Waals surface area contributed by atoms with Gasteiger partial charge >= 0.3 is 0 Å². The van der Waals surface area contributed by atoms with Gasteiger partial charge < -0.3 is 19.5 Å². The summed E-state index contributed by atoms with van der Waals surface area (Å²) >= 11 is 9.62. The molecule has 3 rings (SSSR count). The predicted octanol–water partition coefficient (Wildman–Crippen LogP) is 7.02. The summed E-state index contributed by atoms with van der Waals surface area (Å²) in [6.07, 6.45) is 1.44. The highest BCUT2D eigenvalue weighted by atomic mass is 79.9. The van der Waals surface area contributed by atoms with Gasteiger partial charge in [0.15, 0.2) is 11.5 Å². The summed E-state index contributed by atoms with van der Waals surface area (Å²) in [5.74, 6) is 1.14. The van der Waals surface area contributed by atoms with E-state index in [4.69, 9.17) is 25.8 Å². The molecular weight excluding hydrogens is 532 g/mol. The maximum Gasteiger partial charge on any atom is 0.266 e. The highest BCUT2D eigenvalue weighted by Crippen LogP contribution is 2.38. The summed E-state index contributed by atoms with van der Waals surface area (Å²) in [6, 6.07) is 19.7. The number of hydrogen-bond donors (Lipinski definition) is 1. The molecule has 0 aliphatic carbocycles. The molecule has 0 saturated carbocycles. The van der Waals surface area contributed by atoms with E-state index < -0.39 is 5.91 Å². The SMILES string of the molecule is COc1cc(/C=C(\C#N)C(=O)Nc2ccc(OCc3ccccc3Cl)cc2)cc(Br)c1OC(C)C. The molecule has 1 amide bonds. The average Bonchev–Trinajstić information content (AvgIpc) is 2.84. The van der Waals surface area contributed by atoms with Crippen LogP contribution in [0.5, 0.6) is 17.2 Å². The van der Waals surface area contributed by atoms with Gasteiger partial charge in [-0.05, 0) is 83.9 Å². The van der Waals surface area contributed by atoms with E-state index in [2.05, 4.69) is 21.2 Å². The number of halogens is 2. The van der Waals surface area contributed by atoms with Crippen molar-refractivity contribution >= 4 is 45.2 Å². The van der Waals surface area contributed by atoms with Crippen LogP contribution >= 0.6 is 27.5 Å². The second-order valence-corrected chi connectivity index (χ2v) is 8.99. The molecule has 0 radical (unpaired) electrons. The third-order valence-electron chi connectivity index (χ3n) is 4.75. The lowest BCUT2D eigenvalue weighted by Gasteiger charge is -2.16. The van der Waals surface area contributed by atoms with Gasteiger partial charge in [-0.25, -0.2) is 0 Å². The van der Waals surface area contributed by atoms with Gasteiger partial charge in [-0.3, -0.25) is 4.79 Å². The Balaban J connectivity index is 1.70. The van der Waals surface area contributed by atoms with Crippen molar-refractivity contribution in [1.29, 1.82) is 5.26 Å². The van der Waals surface area contributed by atoms with Crippen LogP contribution in [0.15, 0.2) is 70.7 Å². The van der Waals surface area contributed by atoms with Crippen molar-refractivity contribution in [2.45, 2.75) is 26.6 Å². The fourth-order valence-corrected chi connectivity index (χ4v) is 3.84. The summed E-state index contributed by atoms with van der Waals surface area (Å²) in [5, 5.41) is 12.9. The van der Waals surface area contributed by atoms with Crippen LogP contribution in [-0.2, 0) is 11.4 Å². The van der Waals surface area contributed by atoms with Crippen LogP contribution in [0.25, 0.3) is 6.08 Å². The van der Waals surface area contributed by atoms with E-state index in [-0.39, 0.29) is 11.7 Å². The Morgan fingerprint density at radius 1 is 1.17 bits per heavy atom. The van der Waals surface area contributed by atoms with Crippen LogP contribution in [0.2, 0.25) is 5.02 Å². The van der Waals surface area contributed by atoms with Crippen molar-refractivity contribution in [3.05, 3.63) is 86.9 Å². The van der Waals surface area contributed by atoms with Gasteiger partial charge in [-0.1, -0.05) is 29.8 Å². The molecule has 3 aromatic carbocycles. The number of anilines is 1. The largest absolute Gasteiger partial charge is 0.493 e. The molecule has 8 heteroatoms. The number of benzene rings is 3. The van der Waals surface area contributed by atoms with Crippen LogP contribution in [0.4, 0.5) is 5.69 Å². The van der Waals surface area contributed by atoms with Gasteiger partial charge in [0.1, 0.15) is 24.0 Å². The molecule has 0 spiro atoms. The van der Waals surface area contributed by atoms with Gasteiger partial charge in [0.05, 0.1) is 17.7 Å². The van der Waals surface area contributed by atoms with Gasteiger partial charge in [-0.2, -0.15) is 5.26 Å². The Morgan fingerprint density at radius 2 is 1.89 bits per heavy atom. The first-order chi connectivity index (χ1) is 16.8. The Labute approximate surface area is 218 Å². The van der Waals surface area contributed by atoms with E-state index >= 15 is 0 Å². The minimum absolute atomic E-state index is 0.0463. The molecule has 0 aliphatic rings. The van der Waals surface area contributed by atoms with Crippen LogP contribution in [0.3, 0.4) is 0 Å². The zero-order valence-electron chi connectivity index (χ0n) is 19.5. The zero-order valence-corrected chi connectivity index (χ0v) is 21.8. The monoisotopic (exact) mass is 554 g/mol. The molecule has 0 fully saturated rings. The van der Waals surface area contributed by atoms with Crippen molar-refractivity contribution in [2.24, 2.45) is 0 Å². The maximum absolute atomic E-state index is 12.7. The predicted molar refractivity (Wildman–Crippen MR) is 141 cm³/mol. The third kappa shape index (κ3) is 7.25. The minimum atomic E-state index is -0.533. The van der Waals surface area contributed by atoms with Gasteiger partial charge in [0, 0.05) is 16.3 Å².